The fourth-order valence-electron chi connectivity index (χ4n) is 3.00. The molecule has 1 aromatic heterocycles. The quantitative estimate of drug-likeness (QED) is 0.745. The predicted octanol–water partition coefficient (Wildman–Crippen LogP) is 2.76. The van der Waals surface area contributed by atoms with Crippen LogP contribution in [-0.4, -0.2) is 60.5 Å². The first-order chi connectivity index (χ1) is 12.5. The minimum Gasteiger partial charge on any atom is -0.354 e. The topological polar surface area (TPSA) is 39.7 Å². The van der Waals surface area contributed by atoms with Gasteiger partial charge in [-0.05, 0) is 30.3 Å². The maximum Gasteiger partial charge on any atom is 0.236 e. The average Bonchev–Trinajstić information content (AvgIpc) is 2.66. The van der Waals surface area contributed by atoms with Crippen molar-refractivity contribution in [2.45, 2.75) is 6.54 Å². The van der Waals surface area contributed by atoms with Gasteiger partial charge in [-0.15, -0.1) is 0 Å². The zero-order valence-electron chi connectivity index (χ0n) is 14.7. The summed E-state index contributed by atoms with van der Waals surface area (Å²) in [6, 6.07) is 10.7. The number of hydrogen-bond acceptors (Lipinski definition) is 4. The van der Waals surface area contributed by atoms with E-state index in [1.54, 1.807) is 30.3 Å². The number of pyridine rings is 1. The highest BCUT2D eigenvalue weighted by Crippen LogP contribution is 2.17. The summed E-state index contributed by atoms with van der Waals surface area (Å²) < 4.78 is 14.7. The number of aromatic nitrogens is 1. The van der Waals surface area contributed by atoms with E-state index in [0.717, 1.165) is 36.5 Å². The highest BCUT2D eigenvalue weighted by Gasteiger charge is 2.21. The summed E-state index contributed by atoms with van der Waals surface area (Å²) in [6.07, 6.45) is 1.79. The second-order valence-corrected chi connectivity index (χ2v) is 7.35. The summed E-state index contributed by atoms with van der Waals surface area (Å²) in [5.74, 6) is 0.674. The van der Waals surface area contributed by atoms with Crippen molar-refractivity contribution >= 4 is 27.7 Å². The first-order valence-electron chi connectivity index (χ1n) is 8.59. The first-order valence-corrected chi connectivity index (χ1v) is 9.38. The number of rotatable bonds is 5. The molecule has 0 N–H and O–H groups in total. The number of likely N-dealkylation sites (N-methyl/N-ethyl adjacent to an activating group) is 1. The second-order valence-electron chi connectivity index (χ2n) is 6.44. The van der Waals surface area contributed by atoms with Gasteiger partial charge in [0.1, 0.15) is 11.6 Å². The summed E-state index contributed by atoms with van der Waals surface area (Å²) in [7, 11) is 1.72. The van der Waals surface area contributed by atoms with Crippen LogP contribution in [0.15, 0.2) is 47.1 Å². The smallest absolute Gasteiger partial charge is 0.236 e. The van der Waals surface area contributed by atoms with Crippen molar-refractivity contribution < 1.29 is 9.18 Å². The first kappa shape index (κ1) is 18.8. The third kappa shape index (κ3) is 4.80. The van der Waals surface area contributed by atoms with Gasteiger partial charge in [0, 0.05) is 56.0 Å². The van der Waals surface area contributed by atoms with E-state index in [4.69, 9.17) is 0 Å². The fourth-order valence-corrected chi connectivity index (χ4v) is 3.40. The molecule has 0 atom stereocenters. The molecule has 0 saturated carbocycles. The van der Waals surface area contributed by atoms with Crippen LogP contribution in [0.2, 0.25) is 0 Å². The van der Waals surface area contributed by atoms with Crippen LogP contribution in [0.4, 0.5) is 10.2 Å². The lowest BCUT2D eigenvalue weighted by atomic mass is 10.2. The molecule has 1 saturated heterocycles. The molecule has 0 bridgehead atoms. The van der Waals surface area contributed by atoms with Crippen molar-refractivity contribution in [1.82, 2.24) is 14.8 Å². The van der Waals surface area contributed by atoms with Crippen molar-refractivity contribution in [1.29, 1.82) is 0 Å². The van der Waals surface area contributed by atoms with Gasteiger partial charge < -0.3 is 9.80 Å². The molecule has 1 aromatic carbocycles. The summed E-state index contributed by atoms with van der Waals surface area (Å²) in [5, 5.41) is 0. The lowest BCUT2D eigenvalue weighted by Gasteiger charge is -2.35. The molecule has 0 aliphatic carbocycles. The number of hydrogen-bond donors (Lipinski definition) is 0. The average molecular weight is 421 g/mol. The van der Waals surface area contributed by atoms with Crippen LogP contribution in [0.1, 0.15) is 5.56 Å². The fraction of sp³-hybridized carbons (Fsp3) is 0.368. The molecular weight excluding hydrogens is 399 g/mol. The van der Waals surface area contributed by atoms with Crippen molar-refractivity contribution in [3.63, 3.8) is 0 Å². The molecule has 1 amide bonds. The van der Waals surface area contributed by atoms with Crippen molar-refractivity contribution in [3.8, 4) is 0 Å². The number of halogens is 2. The Bertz CT molecular complexity index is 750. The van der Waals surface area contributed by atoms with E-state index in [1.165, 1.54) is 6.07 Å². The third-order valence-electron chi connectivity index (χ3n) is 4.55. The number of nitrogens with zero attached hydrogens (tertiary/aromatic N) is 4. The molecule has 7 heteroatoms. The monoisotopic (exact) mass is 420 g/mol. The molecule has 3 rings (SSSR count). The van der Waals surface area contributed by atoms with E-state index >= 15 is 0 Å². The molecule has 138 valence electrons. The van der Waals surface area contributed by atoms with E-state index in [2.05, 4.69) is 30.7 Å². The van der Waals surface area contributed by atoms with Crippen molar-refractivity contribution in [3.05, 3.63) is 58.4 Å². The van der Waals surface area contributed by atoms with Gasteiger partial charge in [-0.3, -0.25) is 9.69 Å². The van der Waals surface area contributed by atoms with Crippen LogP contribution in [0.3, 0.4) is 0 Å². The van der Waals surface area contributed by atoms with E-state index in [0.29, 0.717) is 12.1 Å². The van der Waals surface area contributed by atoms with E-state index in [-0.39, 0.29) is 18.3 Å². The molecular formula is C19H22BrFN4O. The molecule has 2 heterocycles. The zero-order chi connectivity index (χ0) is 18.5. The highest BCUT2D eigenvalue weighted by molar-refractivity contribution is 9.10. The van der Waals surface area contributed by atoms with Gasteiger partial charge >= 0.3 is 0 Å². The standard InChI is InChI=1S/C19H22BrFN4O/c1-23(13-15-12-16(20)5-6-17(15)21)19(26)14-24-8-10-25(11-9-24)18-4-2-3-7-22-18/h2-7,12H,8-11,13-14H2,1H3. The number of benzene rings is 1. The molecule has 0 unspecified atom stereocenters. The van der Waals surface area contributed by atoms with Gasteiger partial charge in [0.15, 0.2) is 0 Å². The normalized spacial score (nSPS) is 15.1. The summed E-state index contributed by atoms with van der Waals surface area (Å²) in [5.41, 5.74) is 0.509. The Morgan fingerprint density at radius 1 is 1.23 bits per heavy atom. The highest BCUT2D eigenvalue weighted by atomic mass is 79.9. The summed E-state index contributed by atoms with van der Waals surface area (Å²) in [6.45, 7) is 3.91. The number of carbonyl (C=O) groups is 1. The summed E-state index contributed by atoms with van der Waals surface area (Å²) in [4.78, 5) is 22.8. The lowest BCUT2D eigenvalue weighted by molar-refractivity contribution is -0.131. The van der Waals surface area contributed by atoms with E-state index < -0.39 is 0 Å². The predicted molar refractivity (Wildman–Crippen MR) is 103 cm³/mol. The number of amides is 1. The molecule has 0 spiro atoms. The van der Waals surface area contributed by atoms with Crippen molar-refractivity contribution in [2.24, 2.45) is 0 Å². The molecule has 1 aliphatic heterocycles. The molecule has 1 fully saturated rings. The SMILES string of the molecule is CN(Cc1cc(Br)ccc1F)C(=O)CN1CCN(c2ccccn2)CC1. The largest absolute Gasteiger partial charge is 0.354 e. The Morgan fingerprint density at radius 3 is 2.69 bits per heavy atom. The van der Waals surface area contributed by atoms with E-state index in [9.17, 15) is 9.18 Å². The zero-order valence-corrected chi connectivity index (χ0v) is 16.3. The van der Waals surface area contributed by atoms with Crippen LogP contribution in [0.25, 0.3) is 0 Å². The van der Waals surface area contributed by atoms with Gasteiger partial charge in [-0.2, -0.15) is 0 Å². The van der Waals surface area contributed by atoms with Gasteiger partial charge in [-0.1, -0.05) is 22.0 Å². The number of piperazine rings is 1. The number of anilines is 1. The molecule has 2 aromatic rings. The van der Waals surface area contributed by atoms with Gasteiger partial charge in [0.05, 0.1) is 6.54 Å². The van der Waals surface area contributed by atoms with Gasteiger partial charge in [0.25, 0.3) is 0 Å². The maximum absolute atomic E-state index is 13.9. The van der Waals surface area contributed by atoms with Crippen LogP contribution in [0.5, 0.6) is 0 Å². The van der Waals surface area contributed by atoms with Crippen LogP contribution >= 0.6 is 15.9 Å². The lowest BCUT2D eigenvalue weighted by Crippen LogP contribution is -2.49. The second kappa shape index (κ2) is 8.60. The molecule has 5 nitrogen and oxygen atoms in total. The van der Waals surface area contributed by atoms with Gasteiger partial charge in [-0.25, -0.2) is 9.37 Å². The Morgan fingerprint density at radius 2 is 2.00 bits per heavy atom. The summed E-state index contributed by atoms with van der Waals surface area (Å²) >= 11 is 3.34. The van der Waals surface area contributed by atoms with Crippen LogP contribution < -0.4 is 4.90 Å². The van der Waals surface area contributed by atoms with E-state index in [1.807, 2.05) is 18.2 Å². The van der Waals surface area contributed by atoms with Crippen molar-refractivity contribution in [2.75, 3.05) is 44.7 Å². The minimum atomic E-state index is -0.295. The Kier molecular flexibility index (Phi) is 6.21. The maximum atomic E-state index is 13.9. The minimum absolute atomic E-state index is 0.00402. The Hall–Kier alpha value is -1.99. The molecule has 1 aliphatic rings. The molecule has 26 heavy (non-hydrogen) atoms. The Balaban J connectivity index is 1.50. The van der Waals surface area contributed by atoms with Crippen LogP contribution in [-0.2, 0) is 11.3 Å². The Labute approximate surface area is 161 Å². The third-order valence-corrected chi connectivity index (χ3v) is 5.04. The molecule has 0 radical (unpaired) electrons. The number of carbonyl (C=O) groups excluding carboxylic acids is 1. The van der Waals surface area contributed by atoms with Gasteiger partial charge in [0.2, 0.25) is 5.91 Å². The van der Waals surface area contributed by atoms with Crippen LogP contribution in [0, 0.1) is 5.82 Å².